The van der Waals surface area contributed by atoms with Crippen molar-refractivity contribution >= 4 is 29.4 Å². The minimum absolute atomic E-state index is 0.00968. The molecule has 0 fully saturated rings. The smallest absolute Gasteiger partial charge is 0.310 e. The Bertz CT molecular complexity index is 604. The molecule has 0 radical (unpaired) electrons. The van der Waals surface area contributed by atoms with E-state index in [1.807, 2.05) is 0 Å². The summed E-state index contributed by atoms with van der Waals surface area (Å²) in [5.41, 5.74) is -0.265. The molecule has 132 valence electrons. The number of halogens is 2. The number of nitrogens with zero attached hydrogens (tertiary/aromatic N) is 1. The number of rotatable bonds is 7. The average molecular weight is 359 g/mol. The van der Waals surface area contributed by atoms with Gasteiger partial charge < -0.3 is 15.0 Å². The molecule has 0 bridgehead atoms. The molecule has 6 nitrogen and oxygen atoms in total. The van der Waals surface area contributed by atoms with E-state index in [-0.39, 0.29) is 36.1 Å². The van der Waals surface area contributed by atoms with Crippen LogP contribution in [-0.2, 0) is 14.3 Å². The second kappa shape index (κ2) is 9.22. The lowest BCUT2D eigenvalue weighted by Gasteiger charge is -2.25. The molecule has 8 heteroatoms. The van der Waals surface area contributed by atoms with Gasteiger partial charge >= 0.3 is 5.97 Å². The molecule has 1 aromatic carbocycles. The molecular formula is C16H20ClFN2O4. The summed E-state index contributed by atoms with van der Waals surface area (Å²) in [4.78, 5) is 36.5. The Morgan fingerprint density at radius 1 is 1.38 bits per heavy atom. The quantitative estimate of drug-likeness (QED) is 0.755. The van der Waals surface area contributed by atoms with E-state index in [2.05, 4.69) is 10.1 Å². The highest BCUT2D eigenvalue weighted by Gasteiger charge is 2.25. The maximum absolute atomic E-state index is 14.0. The monoisotopic (exact) mass is 358 g/mol. The third kappa shape index (κ3) is 5.49. The minimum atomic E-state index is -0.747. The molecule has 1 N–H and O–H groups in total. The largest absolute Gasteiger partial charge is 0.469 e. The van der Waals surface area contributed by atoms with Crippen molar-refractivity contribution in [3.63, 3.8) is 0 Å². The predicted molar refractivity (Wildman–Crippen MR) is 87.2 cm³/mol. The molecule has 0 aliphatic carbocycles. The van der Waals surface area contributed by atoms with Crippen LogP contribution in [0.15, 0.2) is 18.2 Å². The van der Waals surface area contributed by atoms with Gasteiger partial charge in [-0.25, -0.2) is 4.39 Å². The van der Waals surface area contributed by atoms with Crippen molar-refractivity contribution in [3.8, 4) is 0 Å². The first-order chi connectivity index (χ1) is 11.3. The van der Waals surface area contributed by atoms with Crippen LogP contribution in [0.1, 0.15) is 24.2 Å². The van der Waals surface area contributed by atoms with E-state index < -0.39 is 23.6 Å². The first-order valence-corrected chi connectivity index (χ1v) is 7.71. The van der Waals surface area contributed by atoms with Gasteiger partial charge in [0.15, 0.2) is 0 Å². The number of hydrogen-bond donors (Lipinski definition) is 1. The van der Waals surface area contributed by atoms with Gasteiger partial charge in [0.05, 0.1) is 23.6 Å². The van der Waals surface area contributed by atoms with E-state index in [1.165, 1.54) is 31.1 Å². The van der Waals surface area contributed by atoms with Crippen molar-refractivity contribution in [1.82, 2.24) is 10.2 Å². The van der Waals surface area contributed by atoms with Crippen LogP contribution in [0.25, 0.3) is 0 Å². The lowest BCUT2D eigenvalue weighted by Crippen LogP contribution is -2.42. The van der Waals surface area contributed by atoms with E-state index >= 15 is 0 Å². The normalized spacial score (nSPS) is 11.5. The van der Waals surface area contributed by atoms with Gasteiger partial charge in [-0.3, -0.25) is 14.4 Å². The number of benzene rings is 1. The van der Waals surface area contributed by atoms with Crippen LogP contribution in [-0.4, -0.2) is 49.4 Å². The summed E-state index contributed by atoms with van der Waals surface area (Å²) in [6.07, 6.45) is 0. The second-order valence-corrected chi connectivity index (χ2v) is 5.66. The van der Waals surface area contributed by atoms with Crippen LogP contribution < -0.4 is 5.32 Å². The number of carbonyl (C=O) groups is 3. The van der Waals surface area contributed by atoms with E-state index in [1.54, 1.807) is 6.92 Å². The van der Waals surface area contributed by atoms with Crippen molar-refractivity contribution in [3.05, 3.63) is 34.6 Å². The summed E-state index contributed by atoms with van der Waals surface area (Å²) in [5, 5.41) is 2.53. The van der Waals surface area contributed by atoms with Crippen molar-refractivity contribution < 1.29 is 23.5 Å². The Hall–Kier alpha value is -2.15. The lowest BCUT2D eigenvalue weighted by atomic mass is 10.1. The maximum atomic E-state index is 14.0. The second-order valence-electron chi connectivity index (χ2n) is 5.25. The van der Waals surface area contributed by atoms with E-state index in [9.17, 15) is 18.8 Å². The van der Waals surface area contributed by atoms with Crippen LogP contribution >= 0.6 is 11.6 Å². The Labute approximate surface area is 144 Å². The highest BCUT2D eigenvalue weighted by molar-refractivity contribution is 6.33. The zero-order chi connectivity index (χ0) is 18.3. The van der Waals surface area contributed by atoms with Gasteiger partial charge in [-0.15, -0.1) is 0 Å². The Kier molecular flexibility index (Phi) is 7.64. The maximum Gasteiger partial charge on any atom is 0.310 e. The fraction of sp³-hybridized carbons (Fsp3) is 0.438. The SMILES string of the molecule is COC(=O)C(C)CN(CCNC(C)=O)C(=O)c1c(F)cccc1Cl. The fourth-order valence-electron chi connectivity index (χ4n) is 2.11. The molecule has 0 aliphatic heterocycles. The Balaban J connectivity index is 2.99. The standard InChI is InChI=1S/C16H20ClFN2O4/c1-10(16(23)24-3)9-20(8-7-19-11(2)21)15(22)14-12(17)5-4-6-13(14)18/h4-6,10H,7-9H2,1-3H3,(H,19,21). The number of hydrogen-bond acceptors (Lipinski definition) is 4. The molecule has 0 spiro atoms. The number of esters is 1. The summed E-state index contributed by atoms with van der Waals surface area (Å²) in [6, 6.07) is 3.94. The summed E-state index contributed by atoms with van der Waals surface area (Å²) >= 11 is 5.93. The molecule has 0 aromatic heterocycles. The van der Waals surface area contributed by atoms with Crippen LogP contribution in [0.2, 0.25) is 5.02 Å². The summed E-state index contributed by atoms with van der Waals surface area (Å²) in [7, 11) is 1.25. The van der Waals surface area contributed by atoms with Crippen molar-refractivity contribution in [2.24, 2.45) is 5.92 Å². The first-order valence-electron chi connectivity index (χ1n) is 7.33. The van der Waals surface area contributed by atoms with Crippen LogP contribution in [0.3, 0.4) is 0 Å². The minimum Gasteiger partial charge on any atom is -0.469 e. The van der Waals surface area contributed by atoms with E-state index in [4.69, 9.17) is 11.6 Å². The van der Waals surface area contributed by atoms with Gasteiger partial charge in [0.1, 0.15) is 5.82 Å². The fourth-order valence-corrected chi connectivity index (χ4v) is 2.35. The molecule has 0 saturated heterocycles. The number of ether oxygens (including phenoxy) is 1. The molecule has 1 rings (SSSR count). The van der Waals surface area contributed by atoms with Gasteiger partial charge in [-0.2, -0.15) is 0 Å². The molecular weight excluding hydrogens is 339 g/mol. The number of nitrogens with one attached hydrogen (secondary N) is 1. The highest BCUT2D eigenvalue weighted by atomic mass is 35.5. The Morgan fingerprint density at radius 3 is 2.58 bits per heavy atom. The predicted octanol–water partition coefficient (Wildman–Crippen LogP) is 1.87. The molecule has 1 aromatic rings. The van der Waals surface area contributed by atoms with Crippen LogP contribution in [0.4, 0.5) is 4.39 Å². The van der Waals surface area contributed by atoms with Crippen molar-refractivity contribution in [2.45, 2.75) is 13.8 Å². The van der Waals surface area contributed by atoms with Crippen molar-refractivity contribution in [1.29, 1.82) is 0 Å². The molecule has 1 unspecified atom stereocenters. The summed E-state index contributed by atoms with van der Waals surface area (Å²) in [6.45, 7) is 3.21. The highest BCUT2D eigenvalue weighted by Crippen LogP contribution is 2.21. The third-order valence-corrected chi connectivity index (χ3v) is 3.63. The van der Waals surface area contributed by atoms with Gasteiger partial charge in [0.25, 0.3) is 5.91 Å². The zero-order valence-electron chi connectivity index (χ0n) is 13.8. The molecule has 0 aliphatic rings. The summed E-state index contributed by atoms with van der Waals surface area (Å²) < 4.78 is 18.6. The zero-order valence-corrected chi connectivity index (χ0v) is 14.5. The molecule has 0 saturated carbocycles. The van der Waals surface area contributed by atoms with Gasteiger partial charge in [0, 0.05) is 26.6 Å². The van der Waals surface area contributed by atoms with Gasteiger partial charge in [0.2, 0.25) is 5.91 Å². The van der Waals surface area contributed by atoms with E-state index in [0.717, 1.165) is 6.07 Å². The van der Waals surface area contributed by atoms with Crippen molar-refractivity contribution in [2.75, 3.05) is 26.7 Å². The Morgan fingerprint density at radius 2 is 2.04 bits per heavy atom. The van der Waals surface area contributed by atoms with E-state index in [0.29, 0.717) is 0 Å². The topological polar surface area (TPSA) is 75.7 Å². The first kappa shape index (κ1) is 19.9. The molecule has 0 heterocycles. The van der Waals surface area contributed by atoms with Crippen LogP contribution in [0.5, 0.6) is 0 Å². The number of amides is 2. The molecule has 24 heavy (non-hydrogen) atoms. The third-order valence-electron chi connectivity index (χ3n) is 3.32. The van der Waals surface area contributed by atoms with Gasteiger partial charge in [-0.1, -0.05) is 24.6 Å². The van der Waals surface area contributed by atoms with Gasteiger partial charge in [-0.05, 0) is 12.1 Å². The molecule has 1 atom stereocenters. The molecule has 2 amide bonds. The number of carbonyl (C=O) groups excluding carboxylic acids is 3. The lowest BCUT2D eigenvalue weighted by molar-refractivity contribution is -0.145. The summed E-state index contributed by atoms with van der Waals surface area (Å²) in [5.74, 6) is -2.76. The van der Waals surface area contributed by atoms with Crippen LogP contribution in [0, 0.1) is 11.7 Å². The number of methoxy groups -OCH3 is 1. The average Bonchev–Trinajstić information content (AvgIpc) is 2.52.